The Morgan fingerprint density at radius 3 is 2.88 bits per heavy atom. The van der Waals surface area contributed by atoms with Gasteiger partial charge in [0.15, 0.2) is 0 Å². The average Bonchev–Trinajstić information content (AvgIpc) is 3.31. The summed E-state index contributed by atoms with van der Waals surface area (Å²) in [6, 6.07) is 13.4. The van der Waals surface area contributed by atoms with Gasteiger partial charge in [0.05, 0.1) is 5.57 Å². The molecule has 2 N–H and O–H groups in total. The lowest BCUT2D eigenvalue weighted by Crippen LogP contribution is -2.34. The minimum absolute atomic E-state index is 0.131. The number of allylic oxidation sites excluding steroid dienone is 1. The molecule has 8 heteroatoms. The lowest BCUT2D eigenvalue weighted by atomic mass is 10.0. The van der Waals surface area contributed by atoms with E-state index >= 15 is 0 Å². The van der Waals surface area contributed by atoms with Gasteiger partial charge in [-0.05, 0) is 34.4 Å². The van der Waals surface area contributed by atoms with Crippen molar-refractivity contribution in [2.75, 3.05) is 5.32 Å². The number of hydrogen-bond acceptors (Lipinski definition) is 6. The molecule has 0 fully saturated rings. The summed E-state index contributed by atoms with van der Waals surface area (Å²) in [5.74, 6) is 0.406. The molecule has 0 radical (unpaired) electrons. The Balaban J connectivity index is 1.65. The number of anilines is 1. The fourth-order valence-electron chi connectivity index (χ4n) is 2.89. The number of thiophene rings is 1. The summed E-state index contributed by atoms with van der Waals surface area (Å²) in [5, 5.41) is 19.9. The van der Waals surface area contributed by atoms with Crippen LogP contribution in [0.5, 0.6) is 0 Å². The van der Waals surface area contributed by atoms with Crippen molar-refractivity contribution in [2.24, 2.45) is 0 Å². The van der Waals surface area contributed by atoms with Crippen LogP contribution in [-0.2, 0) is 11.3 Å². The molecule has 126 valence electrons. The molecule has 2 aromatic heterocycles. The van der Waals surface area contributed by atoms with Crippen LogP contribution in [0.2, 0.25) is 0 Å². The highest BCUT2D eigenvalue weighted by Crippen LogP contribution is 2.36. The maximum Gasteiger partial charge on any atom is 0.251 e. The number of hydrogen-bond donors (Lipinski definition) is 2. The van der Waals surface area contributed by atoms with Crippen molar-refractivity contribution in [3.8, 4) is 0 Å². The summed E-state index contributed by atoms with van der Waals surface area (Å²) in [5.41, 5.74) is 2.43. The fraction of sp³-hybridized carbons (Fsp3) is 0.176. The van der Waals surface area contributed by atoms with Crippen LogP contribution in [0, 0.1) is 0 Å². The molecule has 3 aromatic rings. The molecular formula is C17H16N6OS. The summed E-state index contributed by atoms with van der Waals surface area (Å²) in [6.07, 6.45) is 0. The number of amides is 1. The molecule has 0 saturated carbocycles. The van der Waals surface area contributed by atoms with Gasteiger partial charge in [0.25, 0.3) is 5.91 Å². The second kappa shape index (κ2) is 6.48. The molecule has 1 aliphatic heterocycles. The van der Waals surface area contributed by atoms with Crippen molar-refractivity contribution in [3.05, 3.63) is 69.6 Å². The Hall–Kier alpha value is -3.00. The molecule has 0 saturated heterocycles. The number of nitrogens with zero attached hydrogens (tertiary/aromatic N) is 4. The zero-order valence-corrected chi connectivity index (χ0v) is 14.3. The molecule has 0 spiro atoms. The Morgan fingerprint density at radius 2 is 2.12 bits per heavy atom. The molecule has 4 rings (SSSR count). The summed E-state index contributed by atoms with van der Waals surface area (Å²) in [4.78, 5) is 13.9. The van der Waals surface area contributed by atoms with Crippen LogP contribution in [0.3, 0.4) is 0 Å². The topological polar surface area (TPSA) is 84.7 Å². The van der Waals surface area contributed by atoms with Crippen LogP contribution in [0.4, 0.5) is 5.95 Å². The quantitative estimate of drug-likeness (QED) is 0.753. The summed E-state index contributed by atoms with van der Waals surface area (Å²) in [7, 11) is 0. The summed E-state index contributed by atoms with van der Waals surface area (Å²) < 4.78 is 1.65. The summed E-state index contributed by atoms with van der Waals surface area (Å²) >= 11 is 1.58. The van der Waals surface area contributed by atoms with E-state index in [2.05, 4.69) is 26.2 Å². The number of carbonyl (C=O) groups excluding carboxylic acids is 1. The molecule has 0 aliphatic carbocycles. The van der Waals surface area contributed by atoms with Crippen molar-refractivity contribution in [3.63, 3.8) is 0 Å². The SMILES string of the molecule is CC1=C(C(=O)NCc2ccccc2)[C@@H](c2cccs2)n2nnnc2N1. The standard InChI is InChI=1S/C17H16N6OS/c1-11-14(16(24)18-10-12-6-3-2-4-7-12)15(13-8-5-9-25-13)23-17(19-11)20-21-22-23/h2-9,15H,10H2,1H3,(H,18,24)(H,19,20,22)/t15-/m1/s1. The smallest absolute Gasteiger partial charge is 0.251 e. The normalized spacial score (nSPS) is 16.3. The van der Waals surface area contributed by atoms with Gasteiger partial charge in [-0.25, -0.2) is 0 Å². The number of benzene rings is 1. The van der Waals surface area contributed by atoms with E-state index in [0.717, 1.165) is 16.1 Å². The van der Waals surface area contributed by atoms with Gasteiger partial charge in [0.1, 0.15) is 6.04 Å². The van der Waals surface area contributed by atoms with Crippen LogP contribution in [-0.4, -0.2) is 26.1 Å². The van der Waals surface area contributed by atoms with Gasteiger partial charge < -0.3 is 10.6 Å². The Labute approximate surface area is 148 Å². The van der Waals surface area contributed by atoms with Gasteiger partial charge in [-0.1, -0.05) is 41.5 Å². The Kier molecular flexibility index (Phi) is 4.02. The van der Waals surface area contributed by atoms with Gasteiger partial charge in [-0.3, -0.25) is 4.79 Å². The first-order valence-electron chi connectivity index (χ1n) is 7.85. The molecule has 0 unspecified atom stereocenters. The van der Waals surface area contributed by atoms with E-state index in [9.17, 15) is 4.79 Å². The van der Waals surface area contributed by atoms with Gasteiger partial charge in [-0.15, -0.1) is 11.3 Å². The van der Waals surface area contributed by atoms with Gasteiger partial charge in [0.2, 0.25) is 5.95 Å². The maximum atomic E-state index is 12.9. The monoisotopic (exact) mass is 352 g/mol. The molecule has 1 aromatic carbocycles. The number of nitrogens with one attached hydrogen (secondary N) is 2. The van der Waals surface area contributed by atoms with Crippen LogP contribution < -0.4 is 10.6 Å². The Morgan fingerprint density at radius 1 is 1.28 bits per heavy atom. The number of rotatable bonds is 4. The molecule has 7 nitrogen and oxygen atoms in total. The van der Waals surface area contributed by atoms with Gasteiger partial charge >= 0.3 is 0 Å². The van der Waals surface area contributed by atoms with Crippen molar-refractivity contribution in [2.45, 2.75) is 19.5 Å². The molecule has 25 heavy (non-hydrogen) atoms. The molecule has 1 atom stereocenters. The third kappa shape index (κ3) is 2.91. The highest BCUT2D eigenvalue weighted by atomic mass is 32.1. The number of aromatic nitrogens is 4. The van der Waals surface area contributed by atoms with E-state index in [4.69, 9.17) is 0 Å². The largest absolute Gasteiger partial charge is 0.348 e. The van der Waals surface area contributed by atoms with E-state index in [1.807, 2.05) is 54.8 Å². The van der Waals surface area contributed by atoms with Crippen LogP contribution in [0.1, 0.15) is 23.4 Å². The first-order chi connectivity index (χ1) is 12.2. The third-order valence-electron chi connectivity index (χ3n) is 4.07. The second-order valence-corrected chi connectivity index (χ2v) is 6.68. The zero-order valence-electron chi connectivity index (χ0n) is 13.5. The van der Waals surface area contributed by atoms with Crippen molar-refractivity contribution in [1.82, 2.24) is 25.5 Å². The fourth-order valence-corrected chi connectivity index (χ4v) is 3.71. The molecular weight excluding hydrogens is 336 g/mol. The highest BCUT2D eigenvalue weighted by molar-refractivity contribution is 7.10. The summed E-state index contributed by atoms with van der Waals surface area (Å²) in [6.45, 7) is 2.34. The minimum atomic E-state index is -0.331. The van der Waals surface area contributed by atoms with E-state index in [1.54, 1.807) is 16.0 Å². The predicted molar refractivity (Wildman–Crippen MR) is 94.9 cm³/mol. The highest BCUT2D eigenvalue weighted by Gasteiger charge is 2.34. The molecule has 0 bridgehead atoms. The van der Waals surface area contributed by atoms with Crippen LogP contribution in [0.25, 0.3) is 0 Å². The van der Waals surface area contributed by atoms with Crippen LogP contribution in [0.15, 0.2) is 59.1 Å². The second-order valence-electron chi connectivity index (χ2n) is 5.70. The number of fused-ring (bicyclic) bond motifs is 1. The predicted octanol–water partition coefficient (Wildman–Crippen LogP) is 2.34. The Bertz CT molecular complexity index is 916. The van der Waals surface area contributed by atoms with E-state index in [1.165, 1.54) is 0 Å². The minimum Gasteiger partial charge on any atom is -0.348 e. The number of tetrazole rings is 1. The lowest BCUT2D eigenvalue weighted by molar-refractivity contribution is -0.118. The number of carbonyl (C=O) groups is 1. The van der Waals surface area contributed by atoms with Gasteiger partial charge in [0, 0.05) is 17.1 Å². The van der Waals surface area contributed by atoms with E-state index in [-0.39, 0.29) is 11.9 Å². The molecule has 3 heterocycles. The van der Waals surface area contributed by atoms with Crippen molar-refractivity contribution >= 4 is 23.2 Å². The lowest BCUT2D eigenvalue weighted by Gasteiger charge is -2.26. The molecule has 1 aliphatic rings. The first-order valence-corrected chi connectivity index (χ1v) is 8.73. The molecule has 1 amide bonds. The first kappa shape index (κ1) is 15.5. The average molecular weight is 352 g/mol. The van der Waals surface area contributed by atoms with Crippen molar-refractivity contribution in [1.29, 1.82) is 0 Å². The third-order valence-corrected chi connectivity index (χ3v) is 4.99. The van der Waals surface area contributed by atoms with Gasteiger partial charge in [-0.2, -0.15) is 4.68 Å². The van der Waals surface area contributed by atoms with Crippen LogP contribution >= 0.6 is 11.3 Å². The maximum absolute atomic E-state index is 12.9. The van der Waals surface area contributed by atoms with E-state index in [0.29, 0.717) is 18.1 Å². The zero-order chi connectivity index (χ0) is 17.2. The van der Waals surface area contributed by atoms with Crippen molar-refractivity contribution < 1.29 is 4.79 Å². The van der Waals surface area contributed by atoms with E-state index < -0.39 is 0 Å².